The lowest BCUT2D eigenvalue weighted by Crippen LogP contribution is -2.24. The van der Waals surface area contributed by atoms with E-state index in [0.29, 0.717) is 17.9 Å². The number of benzene rings is 1. The van der Waals surface area contributed by atoms with Crippen LogP contribution in [0.5, 0.6) is 5.75 Å². The molecule has 1 aromatic carbocycles. The molecule has 1 N–H and O–H groups in total. The van der Waals surface area contributed by atoms with Gasteiger partial charge in [-0.3, -0.25) is 9.78 Å². The van der Waals surface area contributed by atoms with Crippen LogP contribution in [0.25, 0.3) is 11.3 Å². The molecule has 2 aromatic heterocycles. The van der Waals surface area contributed by atoms with Crippen LogP contribution >= 0.6 is 0 Å². The highest BCUT2D eigenvalue weighted by Gasteiger charge is 2.17. The van der Waals surface area contributed by atoms with Crippen molar-refractivity contribution in [3.8, 4) is 17.0 Å². The quantitative estimate of drug-likeness (QED) is 0.764. The first kappa shape index (κ1) is 16.3. The Bertz CT molecular complexity index is 933. The van der Waals surface area contributed by atoms with Crippen LogP contribution in [-0.4, -0.2) is 32.8 Å². The fraction of sp³-hybridized carbons (Fsp3) is 0.263. The first-order chi connectivity index (χ1) is 12.8. The Balaban J connectivity index is 1.45. The van der Waals surface area contributed by atoms with E-state index in [2.05, 4.69) is 25.1 Å². The van der Waals surface area contributed by atoms with Crippen molar-refractivity contribution in [2.24, 2.45) is 0 Å². The highest BCUT2D eigenvalue weighted by molar-refractivity contribution is 5.94. The van der Waals surface area contributed by atoms with Crippen molar-refractivity contribution in [2.45, 2.75) is 25.9 Å². The van der Waals surface area contributed by atoms with Gasteiger partial charge in [-0.05, 0) is 30.7 Å². The van der Waals surface area contributed by atoms with Crippen molar-refractivity contribution in [1.82, 2.24) is 25.1 Å². The van der Waals surface area contributed by atoms with Crippen LogP contribution in [0, 0.1) is 0 Å². The maximum absolute atomic E-state index is 12.4. The number of carbonyl (C=O) groups excluding carboxylic acids is 1. The van der Waals surface area contributed by atoms with Gasteiger partial charge in [-0.1, -0.05) is 12.1 Å². The summed E-state index contributed by atoms with van der Waals surface area (Å²) in [7, 11) is 1.61. The van der Waals surface area contributed by atoms with E-state index in [1.165, 1.54) is 0 Å². The van der Waals surface area contributed by atoms with Gasteiger partial charge in [0.15, 0.2) is 5.82 Å². The molecule has 0 fully saturated rings. The normalized spacial score (nSPS) is 12.7. The molecule has 0 aliphatic carbocycles. The highest BCUT2D eigenvalue weighted by atomic mass is 16.5. The summed E-state index contributed by atoms with van der Waals surface area (Å²) in [5.74, 6) is 2.37. The van der Waals surface area contributed by atoms with Crippen LogP contribution in [0.4, 0.5) is 0 Å². The van der Waals surface area contributed by atoms with E-state index in [1.807, 2.05) is 24.3 Å². The molecule has 1 amide bonds. The van der Waals surface area contributed by atoms with Crippen molar-refractivity contribution in [3.63, 3.8) is 0 Å². The van der Waals surface area contributed by atoms with E-state index >= 15 is 0 Å². The number of aromatic nitrogens is 4. The Labute approximate surface area is 151 Å². The maximum atomic E-state index is 12.4. The molecule has 0 spiro atoms. The number of methoxy groups -OCH3 is 1. The standard InChI is InChI=1S/C19H19N5O2/c1-26-15-4-2-10-20-18(15)13-6-8-14(9-7-13)19(25)21-12-17-23-22-16-5-3-11-24(16)17/h2,4,6-10H,3,5,11-12H2,1H3,(H,21,25). The molecule has 0 radical (unpaired) electrons. The number of rotatable bonds is 5. The molecule has 3 aromatic rings. The summed E-state index contributed by atoms with van der Waals surface area (Å²) in [6.07, 6.45) is 3.76. The molecule has 0 saturated carbocycles. The zero-order valence-electron chi connectivity index (χ0n) is 14.5. The average molecular weight is 349 g/mol. The number of nitrogens with zero attached hydrogens (tertiary/aromatic N) is 4. The molecule has 26 heavy (non-hydrogen) atoms. The number of hydrogen-bond acceptors (Lipinski definition) is 5. The van der Waals surface area contributed by atoms with E-state index in [1.54, 1.807) is 25.4 Å². The summed E-state index contributed by atoms with van der Waals surface area (Å²) in [6.45, 7) is 1.30. The van der Waals surface area contributed by atoms with Crippen LogP contribution in [0.15, 0.2) is 42.6 Å². The third-order valence-electron chi connectivity index (χ3n) is 4.50. The Morgan fingerprint density at radius 2 is 2.08 bits per heavy atom. The Morgan fingerprint density at radius 1 is 1.23 bits per heavy atom. The first-order valence-electron chi connectivity index (χ1n) is 8.55. The molecule has 1 aliphatic rings. The summed E-state index contributed by atoms with van der Waals surface area (Å²) in [4.78, 5) is 16.8. The predicted molar refractivity (Wildman–Crippen MR) is 95.7 cm³/mol. The van der Waals surface area contributed by atoms with Crippen molar-refractivity contribution < 1.29 is 9.53 Å². The lowest BCUT2D eigenvalue weighted by atomic mass is 10.1. The maximum Gasteiger partial charge on any atom is 0.251 e. The van der Waals surface area contributed by atoms with Gasteiger partial charge < -0.3 is 14.6 Å². The van der Waals surface area contributed by atoms with Gasteiger partial charge >= 0.3 is 0 Å². The third kappa shape index (κ3) is 3.03. The molecule has 0 unspecified atom stereocenters. The molecular formula is C19H19N5O2. The molecule has 0 saturated heterocycles. The first-order valence-corrected chi connectivity index (χ1v) is 8.55. The second kappa shape index (κ2) is 6.95. The molecule has 3 heterocycles. The van der Waals surface area contributed by atoms with E-state index in [4.69, 9.17) is 4.74 Å². The summed E-state index contributed by atoms with van der Waals surface area (Å²) < 4.78 is 7.42. The number of nitrogens with one attached hydrogen (secondary N) is 1. The van der Waals surface area contributed by atoms with E-state index in [-0.39, 0.29) is 5.91 Å². The molecule has 0 atom stereocenters. The molecular weight excluding hydrogens is 330 g/mol. The van der Waals surface area contributed by atoms with Gasteiger partial charge in [-0.25, -0.2) is 0 Å². The minimum Gasteiger partial charge on any atom is -0.494 e. The Kier molecular flexibility index (Phi) is 4.35. The smallest absolute Gasteiger partial charge is 0.251 e. The third-order valence-corrected chi connectivity index (χ3v) is 4.50. The van der Waals surface area contributed by atoms with Crippen LogP contribution < -0.4 is 10.1 Å². The van der Waals surface area contributed by atoms with Crippen molar-refractivity contribution >= 4 is 5.91 Å². The second-order valence-electron chi connectivity index (χ2n) is 6.10. The average Bonchev–Trinajstić information content (AvgIpc) is 3.30. The van der Waals surface area contributed by atoms with Crippen LogP contribution in [0.3, 0.4) is 0 Å². The summed E-state index contributed by atoms with van der Waals surface area (Å²) in [5, 5.41) is 11.2. The van der Waals surface area contributed by atoms with Gasteiger partial charge in [-0.2, -0.15) is 0 Å². The van der Waals surface area contributed by atoms with Gasteiger partial charge in [-0.15, -0.1) is 10.2 Å². The monoisotopic (exact) mass is 349 g/mol. The SMILES string of the molecule is COc1cccnc1-c1ccc(C(=O)NCc2nnc3n2CCC3)cc1. The molecule has 7 nitrogen and oxygen atoms in total. The van der Waals surface area contributed by atoms with Gasteiger partial charge in [0.2, 0.25) is 0 Å². The van der Waals surface area contributed by atoms with Gasteiger partial charge in [0.05, 0.1) is 13.7 Å². The highest BCUT2D eigenvalue weighted by Crippen LogP contribution is 2.27. The molecule has 132 valence electrons. The number of carbonyl (C=O) groups is 1. The minimum absolute atomic E-state index is 0.139. The van der Waals surface area contributed by atoms with E-state index < -0.39 is 0 Å². The predicted octanol–water partition coefficient (Wildman–Crippen LogP) is 2.22. The zero-order valence-corrected chi connectivity index (χ0v) is 14.5. The summed E-state index contributed by atoms with van der Waals surface area (Å²) in [6, 6.07) is 11.0. The Morgan fingerprint density at radius 3 is 2.88 bits per heavy atom. The lowest BCUT2D eigenvalue weighted by molar-refractivity contribution is 0.0949. The second-order valence-corrected chi connectivity index (χ2v) is 6.10. The summed E-state index contributed by atoms with van der Waals surface area (Å²) >= 11 is 0. The van der Waals surface area contributed by atoms with Crippen LogP contribution in [0.2, 0.25) is 0 Å². The zero-order chi connectivity index (χ0) is 17.9. The number of aryl methyl sites for hydroxylation is 1. The fourth-order valence-electron chi connectivity index (χ4n) is 3.15. The molecule has 4 rings (SSSR count). The molecule has 0 bridgehead atoms. The van der Waals surface area contributed by atoms with Crippen LogP contribution in [-0.2, 0) is 19.5 Å². The number of amides is 1. The fourth-order valence-corrected chi connectivity index (χ4v) is 3.15. The molecule has 7 heteroatoms. The lowest BCUT2D eigenvalue weighted by Gasteiger charge is -2.09. The van der Waals surface area contributed by atoms with Gasteiger partial charge in [0.1, 0.15) is 17.3 Å². The summed E-state index contributed by atoms with van der Waals surface area (Å²) in [5.41, 5.74) is 2.24. The van der Waals surface area contributed by atoms with Crippen LogP contribution in [0.1, 0.15) is 28.4 Å². The van der Waals surface area contributed by atoms with Crippen molar-refractivity contribution in [1.29, 1.82) is 0 Å². The topological polar surface area (TPSA) is 81.9 Å². The largest absolute Gasteiger partial charge is 0.494 e. The van der Waals surface area contributed by atoms with Crippen molar-refractivity contribution in [2.75, 3.05) is 7.11 Å². The Hall–Kier alpha value is -3.22. The van der Waals surface area contributed by atoms with E-state index in [9.17, 15) is 4.79 Å². The van der Waals surface area contributed by atoms with E-state index in [0.717, 1.165) is 42.3 Å². The van der Waals surface area contributed by atoms with Crippen molar-refractivity contribution in [3.05, 3.63) is 59.8 Å². The van der Waals surface area contributed by atoms with Gasteiger partial charge in [0, 0.05) is 30.3 Å². The molecule has 1 aliphatic heterocycles. The number of hydrogen-bond donors (Lipinski definition) is 1. The van der Waals surface area contributed by atoms with Gasteiger partial charge in [0.25, 0.3) is 5.91 Å². The number of fused-ring (bicyclic) bond motifs is 1. The minimum atomic E-state index is -0.139. The number of ether oxygens (including phenoxy) is 1. The number of pyridine rings is 1.